The van der Waals surface area contributed by atoms with Gasteiger partial charge in [0.05, 0.1) is 17.9 Å². The van der Waals surface area contributed by atoms with Crippen molar-refractivity contribution in [3.63, 3.8) is 0 Å². The van der Waals surface area contributed by atoms with Crippen LogP contribution in [-0.4, -0.2) is 40.1 Å². The van der Waals surface area contributed by atoms with Gasteiger partial charge in [-0.2, -0.15) is 15.2 Å². The Kier molecular flexibility index (Phi) is 4.82. The highest BCUT2D eigenvalue weighted by molar-refractivity contribution is 5.86. The van der Waals surface area contributed by atoms with E-state index in [1.165, 1.54) is 24.3 Å². The molecule has 0 unspecified atom stereocenters. The van der Waals surface area contributed by atoms with Crippen LogP contribution in [0.1, 0.15) is 40.4 Å². The summed E-state index contributed by atoms with van der Waals surface area (Å²) in [4.78, 5) is 12.8. The van der Waals surface area contributed by atoms with E-state index in [2.05, 4.69) is 35.7 Å². The largest absolute Gasteiger partial charge is 0.356 e. The Hall–Kier alpha value is -4.71. The zero-order valence-electron chi connectivity index (χ0n) is 20.3. The molecule has 12 heteroatoms. The summed E-state index contributed by atoms with van der Waals surface area (Å²) in [6.45, 7) is 1.72. The van der Waals surface area contributed by atoms with Crippen molar-refractivity contribution < 1.29 is 13.3 Å². The number of H-pyrrole nitrogens is 2. The molecule has 190 valence electrons. The number of benzene rings is 2. The number of rotatable bonds is 4. The third-order valence-electron chi connectivity index (χ3n) is 6.98. The standard InChI is InChI=1S/C26H21F2N9O/c1-13-30-25(36-38-13)26(15-11-29-37(2)12-15)22-19(18-9-17(28)7-8-20(18)31-22)10-21(33-26)24-32-23(34-35-24)14-3-5-16(27)6-4-14/h3-9,11-12,21,31,33H,10H2,1-2H3,(H,32,34,35)/t21-,26-/m0/s1. The number of halogens is 2. The second-order valence-electron chi connectivity index (χ2n) is 9.41. The average molecular weight is 514 g/mol. The van der Waals surface area contributed by atoms with Crippen LogP contribution in [0, 0.1) is 18.6 Å². The van der Waals surface area contributed by atoms with Gasteiger partial charge < -0.3 is 9.51 Å². The van der Waals surface area contributed by atoms with E-state index in [0.29, 0.717) is 35.3 Å². The Morgan fingerprint density at radius 2 is 1.89 bits per heavy atom. The fourth-order valence-electron chi connectivity index (χ4n) is 5.26. The maximum absolute atomic E-state index is 14.4. The molecule has 2 atom stereocenters. The van der Waals surface area contributed by atoms with Crippen molar-refractivity contribution in [3.05, 3.63) is 101 Å². The van der Waals surface area contributed by atoms with Crippen LogP contribution in [-0.2, 0) is 19.0 Å². The molecule has 0 bridgehead atoms. The fourth-order valence-corrected chi connectivity index (χ4v) is 5.26. The Labute approximate surface area is 214 Å². The molecule has 0 amide bonds. The topological polar surface area (TPSA) is 126 Å². The van der Waals surface area contributed by atoms with Gasteiger partial charge >= 0.3 is 0 Å². The first-order chi connectivity index (χ1) is 18.4. The number of hydrogen-bond donors (Lipinski definition) is 3. The molecule has 0 aliphatic carbocycles. The second kappa shape index (κ2) is 8.15. The minimum Gasteiger partial charge on any atom is -0.356 e. The summed E-state index contributed by atoms with van der Waals surface area (Å²) < 4.78 is 35.0. The van der Waals surface area contributed by atoms with Crippen LogP contribution in [0.2, 0.25) is 0 Å². The molecule has 5 heterocycles. The van der Waals surface area contributed by atoms with Crippen molar-refractivity contribution in [2.45, 2.75) is 24.9 Å². The van der Waals surface area contributed by atoms with Gasteiger partial charge in [-0.25, -0.2) is 13.8 Å². The van der Waals surface area contributed by atoms with Crippen molar-refractivity contribution in [1.82, 2.24) is 45.4 Å². The first kappa shape index (κ1) is 22.5. The summed E-state index contributed by atoms with van der Waals surface area (Å²) >= 11 is 0. The molecule has 7 rings (SSSR count). The van der Waals surface area contributed by atoms with Crippen molar-refractivity contribution in [1.29, 1.82) is 0 Å². The van der Waals surface area contributed by atoms with E-state index in [4.69, 9.17) is 9.51 Å². The van der Waals surface area contributed by atoms with Gasteiger partial charge in [-0.15, -0.1) is 0 Å². The zero-order chi connectivity index (χ0) is 26.0. The number of aromatic amines is 2. The summed E-state index contributed by atoms with van der Waals surface area (Å²) in [7, 11) is 1.83. The smallest absolute Gasteiger partial charge is 0.223 e. The van der Waals surface area contributed by atoms with Gasteiger partial charge in [-0.05, 0) is 54.4 Å². The number of hydrogen-bond acceptors (Lipinski definition) is 7. The molecule has 6 aromatic rings. The van der Waals surface area contributed by atoms with E-state index >= 15 is 0 Å². The summed E-state index contributed by atoms with van der Waals surface area (Å²) in [5, 5.41) is 20.6. The predicted molar refractivity (Wildman–Crippen MR) is 132 cm³/mol. The van der Waals surface area contributed by atoms with Crippen LogP contribution in [0.4, 0.5) is 8.78 Å². The number of fused-ring (bicyclic) bond motifs is 3. The van der Waals surface area contributed by atoms with E-state index in [1.807, 2.05) is 13.2 Å². The molecule has 38 heavy (non-hydrogen) atoms. The predicted octanol–water partition coefficient (Wildman–Crippen LogP) is 3.84. The van der Waals surface area contributed by atoms with Crippen LogP contribution >= 0.6 is 0 Å². The zero-order valence-corrected chi connectivity index (χ0v) is 20.3. The molecule has 2 aromatic carbocycles. The quantitative estimate of drug-likeness (QED) is 0.327. The van der Waals surface area contributed by atoms with Crippen LogP contribution in [0.5, 0.6) is 0 Å². The van der Waals surface area contributed by atoms with E-state index < -0.39 is 11.6 Å². The van der Waals surface area contributed by atoms with Crippen molar-refractivity contribution in [2.24, 2.45) is 7.05 Å². The van der Waals surface area contributed by atoms with Gasteiger partial charge in [0, 0.05) is 42.2 Å². The van der Waals surface area contributed by atoms with E-state index in [9.17, 15) is 8.78 Å². The van der Waals surface area contributed by atoms with Crippen molar-refractivity contribution in [2.75, 3.05) is 0 Å². The average Bonchev–Trinajstić information content (AvgIpc) is 3.71. The van der Waals surface area contributed by atoms with Gasteiger partial charge in [0.15, 0.2) is 11.4 Å². The molecule has 0 saturated heterocycles. The number of aryl methyl sites for hydroxylation is 2. The van der Waals surface area contributed by atoms with Gasteiger partial charge in [0.25, 0.3) is 0 Å². The van der Waals surface area contributed by atoms with Gasteiger partial charge in [-0.1, -0.05) is 5.16 Å². The minimum atomic E-state index is -1.12. The lowest BCUT2D eigenvalue weighted by Crippen LogP contribution is -2.51. The molecule has 0 saturated carbocycles. The molecule has 3 N–H and O–H groups in total. The Bertz CT molecular complexity index is 1760. The van der Waals surface area contributed by atoms with Crippen LogP contribution in [0.25, 0.3) is 22.3 Å². The third kappa shape index (κ3) is 3.37. The normalized spacial score (nSPS) is 19.2. The SMILES string of the molecule is Cc1nc([C@@]2(c3cnn(C)c3)N[C@H](c3nc(-c4ccc(F)cc4)n[nH]3)Cc3c2[nH]c2ccc(F)cc32)no1. The van der Waals surface area contributed by atoms with Gasteiger partial charge in [-0.3, -0.25) is 15.1 Å². The monoisotopic (exact) mass is 513 g/mol. The fraction of sp³-hybridized carbons (Fsp3) is 0.192. The molecule has 1 aliphatic rings. The highest BCUT2D eigenvalue weighted by Gasteiger charge is 2.50. The van der Waals surface area contributed by atoms with E-state index in [1.54, 1.807) is 36.0 Å². The molecule has 0 spiro atoms. The second-order valence-corrected chi connectivity index (χ2v) is 9.41. The van der Waals surface area contributed by atoms with Crippen molar-refractivity contribution in [3.8, 4) is 11.4 Å². The highest BCUT2D eigenvalue weighted by atomic mass is 19.1. The number of nitrogens with zero attached hydrogens (tertiary/aromatic N) is 6. The lowest BCUT2D eigenvalue weighted by molar-refractivity contribution is 0.317. The summed E-state index contributed by atoms with van der Waals surface area (Å²) in [5.74, 6) is 1.08. The van der Waals surface area contributed by atoms with Crippen LogP contribution in [0.15, 0.2) is 59.4 Å². The lowest BCUT2D eigenvalue weighted by Gasteiger charge is -2.39. The molecule has 1 aliphatic heterocycles. The Morgan fingerprint density at radius 1 is 1.08 bits per heavy atom. The third-order valence-corrected chi connectivity index (χ3v) is 6.98. The molecular formula is C26H21F2N9O. The summed E-state index contributed by atoms with van der Waals surface area (Å²) in [6.07, 6.45) is 4.08. The molecule has 4 aromatic heterocycles. The van der Waals surface area contributed by atoms with E-state index in [-0.39, 0.29) is 11.6 Å². The van der Waals surface area contributed by atoms with Crippen molar-refractivity contribution >= 4 is 10.9 Å². The molecule has 0 fully saturated rings. The molecular weight excluding hydrogens is 492 g/mol. The summed E-state index contributed by atoms with van der Waals surface area (Å²) in [6, 6.07) is 10.2. The maximum Gasteiger partial charge on any atom is 0.223 e. The first-order valence-electron chi connectivity index (χ1n) is 12.0. The van der Waals surface area contributed by atoms with Gasteiger partial charge in [0.1, 0.15) is 17.5 Å². The van der Waals surface area contributed by atoms with E-state index in [0.717, 1.165) is 27.7 Å². The minimum absolute atomic E-state index is 0.338. The van der Waals surface area contributed by atoms with Crippen LogP contribution in [0.3, 0.4) is 0 Å². The Balaban J connectivity index is 1.45. The lowest BCUT2D eigenvalue weighted by atomic mass is 9.79. The maximum atomic E-state index is 14.4. The van der Waals surface area contributed by atoms with Gasteiger partial charge in [0.2, 0.25) is 11.7 Å². The molecule has 0 radical (unpaired) electrons. The number of nitrogens with one attached hydrogen (secondary N) is 3. The Morgan fingerprint density at radius 3 is 2.63 bits per heavy atom. The first-order valence-corrected chi connectivity index (χ1v) is 12.0. The number of aromatic nitrogens is 8. The highest BCUT2D eigenvalue weighted by Crippen LogP contribution is 2.45. The molecule has 10 nitrogen and oxygen atoms in total. The van der Waals surface area contributed by atoms with Crippen LogP contribution < -0.4 is 5.32 Å². The summed E-state index contributed by atoms with van der Waals surface area (Å²) in [5.41, 5.74) is 2.74.